The Morgan fingerprint density at radius 1 is 1.39 bits per heavy atom. The molecule has 1 aromatic heterocycles. The summed E-state index contributed by atoms with van der Waals surface area (Å²) in [5, 5.41) is 2.08. The fourth-order valence-electron chi connectivity index (χ4n) is 3.02. The van der Waals surface area contributed by atoms with Gasteiger partial charge in [0.15, 0.2) is 0 Å². The van der Waals surface area contributed by atoms with Crippen LogP contribution < -0.4 is 16.0 Å². The summed E-state index contributed by atoms with van der Waals surface area (Å²) in [6, 6.07) is 2.26. The lowest BCUT2D eigenvalue weighted by molar-refractivity contribution is 0.171. The molecular weight excluding hydrogens is 244 g/mol. The minimum absolute atomic E-state index is 0.231. The van der Waals surface area contributed by atoms with Crippen molar-refractivity contribution in [2.75, 3.05) is 7.11 Å². The normalized spacial score (nSPS) is 30.1. The highest BCUT2D eigenvalue weighted by Gasteiger charge is 2.32. The van der Waals surface area contributed by atoms with Crippen LogP contribution in [0.3, 0.4) is 0 Å². The molecule has 0 aromatic carbocycles. The van der Waals surface area contributed by atoms with Crippen molar-refractivity contribution in [2.24, 2.45) is 23.6 Å². The van der Waals surface area contributed by atoms with Crippen LogP contribution in [0.1, 0.15) is 44.0 Å². The van der Waals surface area contributed by atoms with E-state index in [4.69, 9.17) is 10.6 Å². The van der Waals surface area contributed by atoms with Crippen LogP contribution in [-0.2, 0) is 0 Å². The number of hydrogen-bond acceptors (Lipinski definition) is 4. The number of methoxy groups -OCH3 is 1. The number of nitrogens with one attached hydrogen (secondary N) is 1. The molecule has 1 heterocycles. The Kier molecular flexibility index (Phi) is 4.65. The van der Waals surface area contributed by atoms with E-state index in [1.807, 2.05) is 6.07 Å². The molecule has 0 spiro atoms. The van der Waals surface area contributed by atoms with E-state index in [2.05, 4.69) is 24.7 Å². The summed E-state index contributed by atoms with van der Waals surface area (Å²) in [4.78, 5) is 1.24. The van der Waals surface area contributed by atoms with E-state index in [0.29, 0.717) is 5.92 Å². The molecule has 3 nitrogen and oxygen atoms in total. The second-order valence-electron chi connectivity index (χ2n) is 5.53. The average molecular weight is 268 g/mol. The number of hydrazine groups is 1. The third-order valence-electron chi connectivity index (χ3n) is 4.45. The van der Waals surface area contributed by atoms with Gasteiger partial charge in [-0.25, -0.2) is 0 Å². The van der Waals surface area contributed by atoms with Gasteiger partial charge in [0.1, 0.15) is 5.75 Å². The Morgan fingerprint density at radius 3 is 2.78 bits per heavy atom. The van der Waals surface area contributed by atoms with Gasteiger partial charge in [-0.05, 0) is 42.0 Å². The number of thiophene rings is 1. The van der Waals surface area contributed by atoms with Crippen LogP contribution in [0, 0.1) is 17.8 Å². The Morgan fingerprint density at radius 2 is 2.17 bits per heavy atom. The molecule has 102 valence electrons. The first-order valence-electron chi connectivity index (χ1n) is 6.74. The van der Waals surface area contributed by atoms with Gasteiger partial charge < -0.3 is 4.74 Å². The second kappa shape index (κ2) is 6.04. The van der Waals surface area contributed by atoms with Crippen molar-refractivity contribution in [2.45, 2.75) is 39.2 Å². The van der Waals surface area contributed by atoms with Gasteiger partial charge in [0.25, 0.3) is 0 Å². The van der Waals surface area contributed by atoms with Crippen LogP contribution in [0.25, 0.3) is 0 Å². The topological polar surface area (TPSA) is 47.3 Å². The van der Waals surface area contributed by atoms with Gasteiger partial charge in [-0.2, -0.15) is 0 Å². The maximum absolute atomic E-state index is 5.80. The summed E-state index contributed by atoms with van der Waals surface area (Å²) in [5.41, 5.74) is 3.01. The van der Waals surface area contributed by atoms with Crippen molar-refractivity contribution in [1.29, 1.82) is 0 Å². The van der Waals surface area contributed by atoms with Crippen molar-refractivity contribution in [3.05, 3.63) is 16.3 Å². The molecule has 0 amide bonds. The minimum atomic E-state index is 0.231. The van der Waals surface area contributed by atoms with Gasteiger partial charge in [-0.15, -0.1) is 11.3 Å². The molecule has 4 heteroatoms. The summed E-state index contributed by atoms with van der Waals surface area (Å²) in [6.07, 6.45) is 3.80. The molecule has 0 saturated heterocycles. The third-order valence-corrected chi connectivity index (χ3v) is 5.43. The van der Waals surface area contributed by atoms with Gasteiger partial charge >= 0.3 is 0 Å². The zero-order valence-corrected chi connectivity index (χ0v) is 12.3. The van der Waals surface area contributed by atoms with Crippen LogP contribution in [0.4, 0.5) is 0 Å². The average Bonchev–Trinajstić information content (AvgIpc) is 2.83. The van der Waals surface area contributed by atoms with Gasteiger partial charge in [0.2, 0.25) is 0 Å². The summed E-state index contributed by atoms with van der Waals surface area (Å²) in [5.74, 6) is 9.01. The summed E-state index contributed by atoms with van der Waals surface area (Å²) >= 11 is 1.73. The van der Waals surface area contributed by atoms with E-state index in [0.717, 1.165) is 17.6 Å². The fraction of sp³-hybridized carbons (Fsp3) is 0.714. The monoisotopic (exact) mass is 268 g/mol. The van der Waals surface area contributed by atoms with Crippen LogP contribution in [0.5, 0.6) is 5.75 Å². The van der Waals surface area contributed by atoms with Crippen molar-refractivity contribution in [1.82, 2.24) is 5.43 Å². The molecule has 0 radical (unpaired) electrons. The smallest absolute Gasteiger partial charge is 0.134 e. The molecule has 18 heavy (non-hydrogen) atoms. The standard InChI is InChI=1S/C14H24N2OS/c1-9-4-5-11(8-10(9)2)13(16-15)14-12(17-3)6-7-18-14/h6-7,9-11,13,16H,4-5,8,15H2,1-3H3. The third kappa shape index (κ3) is 2.71. The van der Waals surface area contributed by atoms with E-state index in [1.54, 1.807) is 18.4 Å². The molecule has 0 aliphatic heterocycles. The lowest BCUT2D eigenvalue weighted by Crippen LogP contribution is -2.36. The van der Waals surface area contributed by atoms with Gasteiger partial charge in [-0.3, -0.25) is 11.3 Å². The molecule has 1 aliphatic rings. The van der Waals surface area contributed by atoms with E-state index in [-0.39, 0.29) is 6.04 Å². The van der Waals surface area contributed by atoms with E-state index >= 15 is 0 Å². The number of ether oxygens (including phenoxy) is 1. The fourth-order valence-corrected chi connectivity index (χ4v) is 4.04. The van der Waals surface area contributed by atoms with Gasteiger partial charge in [0, 0.05) is 0 Å². The van der Waals surface area contributed by atoms with Gasteiger partial charge in [-0.1, -0.05) is 20.3 Å². The molecule has 1 saturated carbocycles. The number of nitrogens with two attached hydrogens (primary N) is 1. The second-order valence-corrected chi connectivity index (χ2v) is 6.47. The summed E-state index contributed by atoms with van der Waals surface area (Å²) in [7, 11) is 1.73. The highest BCUT2D eigenvalue weighted by molar-refractivity contribution is 7.10. The molecular formula is C14H24N2OS. The molecule has 3 N–H and O–H groups in total. The molecule has 1 fully saturated rings. The Bertz CT molecular complexity index is 380. The first-order chi connectivity index (χ1) is 8.67. The maximum Gasteiger partial charge on any atom is 0.134 e. The predicted molar refractivity (Wildman–Crippen MR) is 76.6 cm³/mol. The SMILES string of the molecule is COc1ccsc1C(NN)C1CCC(C)C(C)C1. The zero-order chi connectivity index (χ0) is 13.1. The zero-order valence-electron chi connectivity index (χ0n) is 11.5. The van der Waals surface area contributed by atoms with Gasteiger partial charge in [0.05, 0.1) is 18.0 Å². The minimum Gasteiger partial charge on any atom is -0.496 e. The molecule has 0 bridgehead atoms. The number of hydrogen-bond donors (Lipinski definition) is 2. The Hall–Kier alpha value is -0.580. The van der Waals surface area contributed by atoms with Crippen LogP contribution >= 0.6 is 11.3 Å². The first-order valence-corrected chi connectivity index (χ1v) is 7.62. The molecule has 2 rings (SSSR count). The van der Waals surface area contributed by atoms with E-state index in [1.165, 1.54) is 24.1 Å². The summed E-state index contributed by atoms with van der Waals surface area (Å²) < 4.78 is 5.42. The van der Waals surface area contributed by atoms with Crippen molar-refractivity contribution in [3.8, 4) is 5.75 Å². The van der Waals surface area contributed by atoms with Crippen molar-refractivity contribution >= 4 is 11.3 Å². The highest BCUT2D eigenvalue weighted by Crippen LogP contribution is 2.43. The quantitative estimate of drug-likeness (QED) is 0.650. The van der Waals surface area contributed by atoms with Crippen LogP contribution in [-0.4, -0.2) is 7.11 Å². The lowest BCUT2D eigenvalue weighted by Gasteiger charge is -2.36. The first kappa shape index (κ1) is 13.8. The van der Waals surface area contributed by atoms with E-state index in [9.17, 15) is 0 Å². The van der Waals surface area contributed by atoms with E-state index < -0.39 is 0 Å². The lowest BCUT2D eigenvalue weighted by atomic mass is 9.73. The predicted octanol–water partition coefficient (Wildman–Crippen LogP) is 3.33. The molecule has 1 aromatic rings. The van der Waals surface area contributed by atoms with Crippen LogP contribution in [0.2, 0.25) is 0 Å². The summed E-state index contributed by atoms with van der Waals surface area (Å²) in [6.45, 7) is 4.72. The van der Waals surface area contributed by atoms with Crippen molar-refractivity contribution in [3.63, 3.8) is 0 Å². The molecule has 4 atom stereocenters. The van der Waals surface area contributed by atoms with Crippen molar-refractivity contribution < 1.29 is 4.74 Å². The Balaban J connectivity index is 2.14. The largest absolute Gasteiger partial charge is 0.496 e. The van der Waals surface area contributed by atoms with Crippen LogP contribution in [0.15, 0.2) is 11.4 Å². The highest BCUT2D eigenvalue weighted by atomic mass is 32.1. The maximum atomic E-state index is 5.80. The molecule has 1 aliphatic carbocycles. The number of rotatable bonds is 4. The molecule has 4 unspecified atom stereocenters. The Labute approximate surface area is 114 Å².